The van der Waals surface area contributed by atoms with Gasteiger partial charge in [0, 0.05) is 31.0 Å². The second-order valence-electron chi connectivity index (χ2n) is 6.95. The standard InChI is InChI=1S/C20H22ClNO5/c1-11(2)16-6-12-7-19(27-5-4-26-3)15(21)8-13(12)17-9-18(23)14(20(24)25)10-22(16)17/h7-11,16H,4-6H2,1-3H3,(H,24,25)/t16-/m0/s1. The van der Waals surface area contributed by atoms with Gasteiger partial charge in [0.25, 0.3) is 0 Å². The van der Waals surface area contributed by atoms with Crippen LogP contribution in [0.15, 0.2) is 29.2 Å². The molecule has 0 amide bonds. The van der Waals surface area contributed by atoms with Gasteiger partial charge in [-0.05, 0) is 30.0 Å². The molecule has 3 rings (SSSR count). The van der Waals surface area contributed by atoms with E-state index in [2.05, 4.69) is 13.8 Å². The van der Waals surface area contributed by atoms with E-state index in [1.165, 1.54) is 12.3 Å². The molecule has 6 nitrogen and oxygen atoms in total. The Hall–Kier alpha value is -2.31. The molecule has 1 atom stereocenters. The molecule has 2 aromatic rings. The van der Waals surface area contributed by atoms with Gasteiger partial charge in [0.1, 0.15) is 17.9 Å². The van der Waals surface area contributed by atoms with E-state index < -0.39 is 11.4 Å². The van der Waals surface area contributed by atoms with Crippen LogP contribution in [0, 0.1) is 5.92 Å². The summed E-state index contributed by atoms with van der Waals surface area (Å²) in [6, 6.07) is 5.10. The van der Waals surface area contributed by atoms with Crippen LogP contribution in [0.3, 0.4) is 0 Å². The molecule has 0 spiro atoms. The highest BCUT2D eigenvalue weighted by atomic mass is 35.5. The molecular formula is C20H22ClNO5. The summed E-state index contributed by atoms with van der Waals surface area (Å²) in [5, 5.41) is 9.75. The van der Waals surface area contributed by atoms with Gasteiger partial charge >= 0.3 is 5.97 Å². The van der Waals surface area contributed by atoms with Gasteiger partial charge in [0.2, 0.25) is 0 Å². The van der Waals surface area contributed by atoms with Crippen LogP contribution < -0.4 is 10.2 Å². The summed E-state index contributed by atoms with van der Waals surface area (Å²) in [5.74, 6) is -0.397. The Labute approximate surface area is 162 Å². The summed E-state index contributed by atoms with van der Waals surface area (Å²) in [6.07, 6.45) is 2.14. The van der Waals surface area contributed by atoms with Crippen molar-refractivity contribution in [2.45, 2.75) is 26.3 Å². The number of halogens is 1. The molecule has 1 aliphatic heterocycles. The molecule has 0 bridgehead atoms. The summed E-state index contributed by atoms with van der Waals surface area (Å²) >= 11 is 6.38. The van der Waals surface area contributed by atoms with Gasteiger partial charge in [-0.3, -0.25) is 4.79 Å². The lowest BCUT2D eigenvalue weighted by Gasteiger charge is -2.33. The van der Waals surface area contributed by atoms with Crippen molar-refractivity contribution in [1.29, 1.82) is 0 Å². The molecule has 1 aromatic carbocycles. The van der Waals surface area contributed by atoms with Gasteiger partial charge in [0.05, 0.1) is 17.3 Å². The van der Waals surface area contributed by atoms with E-state index in [1.54, 1.807) is 13.2 Å². The summed E-state index contributed by atoms with van der Waals surface area (Å²) in [5.41, 5.74) is 1.78. The minimum atomic E-state index is -1.22. The van der Waals surface area contributed by atoms with Gasteiger partial charge < -0.3 is 19.1 Å². The number of pyridine rings is 1. The third kappa shape index (κ3) is 3.73. The molecule has 0 saturated carbocycles. The van der Waals surface area contributed by atoms with E-state index >= 15 is 0 Å². The number of rotatable bonds is 6. The van der Waals surface area contributed by atoms with E-state index in [9.17, 15) is 14.7 Å². The van der Waals surface area contributed by atoms with Crippen LogP contribution in [0.4, 0.5) is 0 Å². The van der Waals surface area contributed by atoms with Gasteiger partial charge in [0.15, 0.2) is 5.43 Å². The van der Waals surface area contributed by atoms with Crippen molar-refractivity contribution in [3.8, 4) is 17.0 Å². The van der Waals surface area contributed by atoms with Crippen LogP contribution in [0.1, 0.15) is 35.8 Å². The third-order valence-electron chi connectivity index (χ3n) is 4.84. The first-order chi connectivity index (χ1) is 12.8. The Balaban J connectivity index is 2.14. The first kappa shape index (κ1) is 19.5. The van der Waals surface area contributed by atoms with Gasteiger partial charge in [-0.25, -0.2) is 4.79 Å². The third-order valence-corrected chi connectivity index (χ3v) is 5.14. The van der Waals surface area contributed by atoms with Crippen molar-refractivity contribution < 1.29 is 19.4 Å². The summed E-state index contributed by atoms with van der Waals surface area (Å²) in [6.45, 7) is 4.99. The molecule has 2 heterocycles. The fraction of sp³-hybridized carbons (Fsp3) is 0.400. The molecule has 27 heavy (non-hydrogen) atoms. The Morgan fingerprint density at radius 1 is 1.33 bits per heavy atom. The average molecular weight is 392 g/mol. The number of aromatic carboxylic acids is 1. The fourth-order valence-electron chi connectivity index (χ4n) is 3.43. The van der Waals surface area contributed by atoms with E-state index in [1.807, 2.05) is 10.6 Å². The van der Waals surface area contributed by atoms with Crippen molar-refractivity contribution in [3.63, 3.8) is 0 Å². The van der Waals surface area contributed by atoms with Gasteiger partial charge in [-0.15, -0.1) is 0 Å². The summed E-state index contributed by atoms with van der Waals surface area (Å²) in [4.78, 5) is 23.7. The number of ether oxygens (including phenoxy) is 2. The molecule has 7 heteroatoms. The number of hydrogen-bond acceptors (Lipinski definition) is 4. The molecule has 1 aliphatic rings. The monoisotopic (exact) mass is 391 g/mol. The van der Waals surface area contributed by atoms with Crippen molar-refractivity contribution >= 4 is 17.6 Å². The summed E-state index contributed by atoms with van der Waals surface area (Å²) < 4.78 is 12.6. The number of benzene rings is 1. The van der Waals surface area contributed by atoms with Gasteiger partial charge in [-0.2, -0.15) is 0 Å². The Bertz CT molecular complexity index is 935. The smallest absolute Gasteiger partial charge is 0.341 e. The molecular weight excluding hydrogens is 370 g/mol. The minimum Gasteiger partial charge on any atom is -0.490 e. The highest BCUT2D eigenvalue weighted by molar-refractivity contribution is 6.32. The highest BCUT2D eigenvalue weighted by Crippen LogP contribution is 2.41. The molecule has 0 fully saturated rings. The lowest BCUT2D eigenvalue weighted by molar-refractivity contribution is 0.0694. The number of carboxylic acid groups (broad SMARTS) is 1. The Kier molecular flexibility index (Phi) is 5.58. The van der Waals surface area contributed by atoms with Crippen LogP contribution in [0.25, 0.3) is 11.3 Å². The molecule has 1 N–H and O–H groups in total. The molecule has 0 aliphatic carbocycles. The zero-order valence-electron chi connectivity index (χ0n) is 15.5. The lowest BCUT2D eigenvalue weighted by Crippen LogP contribution is -2.28. The SMILES string of the molecule is COCCOc1cc2c(cc1Cl)-c1cc(=O)c(C(=O)O)cn1[C@H](C(C)C)C2. The number of fused-ring (bicyclic) bond motifs is 3. The second kappa shape index (κ2) is 7.74. The highest BCUT2D eigenvalue weighted by Gasteiger charge is 2.28. The Morgan fingerprint density at radius 3 is 2.70 bits per heavy atom. The van der Waals surface area contributed by atoms with Crippen molar-refractivity contribution in [3.05, 3.63) is 50.8 Å². The number of nitrogens with zero attached hydrogens (tertiary/aromatic N) is 1. The van der Waals surface area contributed by atoms with Crippen LogP contribution in [-0.4, -0.2) is 36.0 Å². The van der Waals surface area contributed by atoms with E-state index in [0.717, 1.165) is 11.1 Å². The number of hydrogen-bond donors (Lipinski definition) is 1. The fourth-order valence-corrected chi connectivity index (χ4v) is 3.65. The summed E-state index contributed by atoms with van der Waals surface area (Å²) in [7, 11) is 1.60. The maximum atomic E-state index is 12.3. The minimum absolute atomic E-state index is 0.0270. The predicted molar refractivity (Wildman–Crippen MR) is 103 cm³/mol. The number of carbonyl (C=O) groups is 1. The Morgan fingerprint density at radius 2 is 2.07 bits per heavy atom. The number of carboxylic acids is 1. The van der Waals surface area contributed by atoms with Crippen molar-refractivity contribution in [2.75, 3.05) is 20.3 Å². The topological polar surface area (TPSA) is 77.8 Å². The molecule has 144 valence electrons. The van der Waals surface area contributed by atoms with E-state index in [-0.39, 0.29) is 17.5 Å². The van der Waals surface area contributed by atoms with Crippen LogP contribution >= 0.6 is 11.6 Å². The second-order valence-corrected chi connectivity index (χ2v) is 7.35. The number of methoxy groups -OCH3 is 1. The van der Waals surface area contributed by atoms with E-state index in [0.29, 0.717) is 36.1 Å². The molecule has 1 aromatic heterocycles. The maximum Gasteiger partial charge on any atom is 0.341 e. The lowest BCUT2D eigenvalue weighted by atomic mass is 9.87. The zero-order chi connectivity index (χ0) is 19.7. The van der Waals surface area contributed by atoms with Crippen LogP contribution in [-0.2, 0) is 11.2 Å². The molecule has 0 radical (unpaired) electrons. The molecule has 0 saturated heterocycles. The van der Waals surface area contributed by atoms with Crippen molar-refractivity contribution in [2.24, 2.45) is 5.92 Å². The first-order valence-electron chi connectivity index (χ1n) is 8.77. The normalized spacial score (nSPS) is 15.4. The van der Waals surface area contributed by atoms with Crippen molar-refractivity contribution in [1.82, 2.24) is 4.57 Å². The van der Waals surface area contributed by atoms with Crippen LogP contribution in [0.2, 0.25) is 5.02 Å². The van der Waals surface area contributed by atoms with E-state index in [4.69, 9.17) is 21.1 Å². The maximum absolute atomic E-state index is 12.3. The quantitative estimate of drug-likeness (QED) is 0.760. The zero-order valence-corrected chi connectivity index (χ0v) is 16.2. The predicted octanol–water partition coefficient (Wildman–Crippen LogP) is 3.65. The first-order valence-corrected chi connectivity index (χ1v) is 9.15. The number of aromatic nitrogens is 1. The largest absolute Gasteiger partial charge is 0.490 e. The molecule has 0 unspecified atom stereocenters. The average Bonchev–Trinajstić information content (AvgIpc) is 2.61. The van der Waals surface area contributed by atoms with Gasteiger partial charge in [-0.1, -0.05) is 25.4 Å². The van der Waals surface area contributed by atoms with Crippen LogP contribution in [0.5, 0.6) is 5.75 Å².